The van der Waals surface area contributed by atoms with E-state index in [0.717, 1.165) is 43.9 Å². The van der Waals surface area contributed by atoms with Gasteiger partial charge in [-0.3, -0.25) is 0 Å². The van der Waals surface area contributed by atoms with Crippen molar-refractivity contribution in [3.8, 4) is 51.0 Å². The van der Waals surface area contributed by atoms with Crippen LogP contribution in [0, 0.1) is 0 Å². The highest BCUT2D eigenvalue weighted by Crippen LogP contribution is 2.61. The van der Waals surface area contributed by atoms with Crippen LogP contribution in [0.25, 0.3) is 94.3 Å². The summed E-state index contributed by atoms with van der Waals surface area (Å²) >= 11 is 0. The van der Waals surface area contributed by atoms with Crippen molar-refractivity contribution < 1.29 is 0 Å². The van der Waals surface area contributed by atoms with Gasteiger partial charge in [0, 0.05) is 27.5 Å². The maximum absolute atomic E-state index is 5.38. The van der Waals surface area contributed by atoms with Crippen molar-refractivity contribution in [1.82, 2.24) is 19.5 Å². The summed E-state index contributed by atoms with van der Waals surface area (Å²) in [6.07, 6.45) is 0. The summed E-state index contributed by atoms with van der Waals surface area (Å²) in [6, 6.07) is 70.2. The van der Waals surface area contributed by atoms with Gasteiger partial charge in [0.2, 0.25) is 0 Å². The Morgan fingerprint density at radius 2 is 0.828 bits per heavy atom. The van der Waals surface area contributed by atoms with Gasteiger partial charge in [0.05, 0.1) is 22.1 Å². The molecule has 1 spiro atoms. The number of benzene rings is 9. The van der Waals surface area contributed by atoms with Crippen LogP contribution in [0.2, 0.25) is 0 Å². The second kappa shape index (κ2) is 11.7. The molecule has 4 heteroatoms. The van der Waals surface area contributed by atoms with E-state index >= 15 is 0 Å². The summed E-state index contributed by atoms with van der Waals surface area (Å²) in [7, 11) is 0. The predicted molar refractivity (Wildman–Crippen MR) is 236 cm³/mol. The average molecular weight is 737 g/mol. The second-order valence-electron chi connectivity index (χ2n) is 15.5. The van der Waals surface area contributed by atoms with E-state index in [2.05, 4.69) is 199 Å². The first kappa shape index (κ1) is 31.5. The number of aromatic nitrogens is 4. The Morgan fingerprint density at radius 1 is 0.345 bits per heavy atom. The largest absolute Gasteiger partial charge is 0.309 e. The standard InChI is InChI=1S/C54H32N4/c1-3-18-36-33(14-1)16-11-24-42(36)52-55-51(56-53(57-52)43-25-12-17-34-15-2-4-19-37(34)43)35-30-31-49-47(32-35)54(44-26-8-5-20-38(44)39-21-6-9-27-45(39)54)46-28-13-23-41-40-22-7-10-29-48(40)58(49)50(41)46/h1-32H. The number of nitrogens with zero attached hydrogens (tertiary/aromatic N) is 4. The molecule has 0 atom stereocenters. The van der Waals surface area contributed by atoms with Crippen LogP contribution >= 0.6 is 0 Å². The zero-order valence-corrected chi connectivity index (χ0v) is 31.3. The number of hydrogen-bond donors (Lipinski definition) is 0. The molecule has 11 aromatic rings. The Labute approximate surface area is 334 Å². The van der Waals surface area contributed by atoms with Gasteiger partial charge in [0.25, 0.3) is 0 Å². The van der Waals surface area contributed by atoms with Crippen LogP contribution in [0.4, 0.5) is 0 Å². The Balaban J connectivity index is 1.15. The molecule has 13 rings (SSSR count). The zero-order chi connectivity index (χ0) is 38.0. The van der Waals surface area contributed by atoms with Gasteiger partial charge in [0.1, 0.15) is 0 Å². The molecule has 2 aromatic heterocycles. The maximum Gasteiger partial charge on any atom is 0.164 e. The highest BCUT2D eigenvalue weighted by Gasteiger charge is 2.50. The lowest BCUT2D eigenvalue weighted by Crippen LogP contribution is -2.33. The van der Waals surface area contributed by atoms with Crippen molar-refractivity contribution in [2.24, 2.45) is 0 Å². The van der Waals surface area contributed by atoms with E-state index in [1.54, 1.807) is 0 Å². The van der Waals surface area contributed by atoms with Gasteiger partial charge in [0.15, 0.2) is 17.5 Å². The number of fused-ring (bicyclic) bond motifs is 14. The lowest BCUT2D eigenvalue weighted by molar-refractivity contribution is 0.748. The normalized spacial score (nSPS) is 13.3. The van der Waals surface area contributed by atoms with Crippen LogP contribution in [0.15, 0.2) is 194 Å². The molecule has 0 fully saturated rings. The molecule has 2 aliphatic rings. The van der Waals surface area contributed by atoms with E-state index in [1.165, 1.54) is 55.2 Å². The quantitative estimate of drug-likeness (QED) is 0.181. The molecule has 1 aliphatic carbocycles. The van der Waals surface area contributed by atoms with E-state index in [4.69, 9.17) is 15.0 Å². The molecule has 0 bridgehead atoms. The molecule has 268 valence electrons. The molecule has 0 amide bonds. The van der Waals surface area contributed by atoms with E-state index in [0.29, 0.717) is 17.5 Å². The van der Waals surface area contributed by atoms with Crippen molar-refractivity contribution in [2.45, 2.75) is 5.41 Å². The topological polar surface area (TPSA) is 43.6 Å². The molecule has 0 saturated heterocycles. The molecular weight excluding hydrogens is 705 g/mol. The molecule has 1 aliphatic heterocycles. The molecule has 58 heavy (non-hydrogen) atoms. The van der Waals surface area contributed by atoms with Crippen LogP contribution in [-0.4, -0.2) is 19.5 Å². The minimum atomic E-state index is -0.577. The van der Waals surface area contributed by atoms with Crippen LogP contribution < -0.4 is 0 Å². The Hall–Kier alpha value is -7.69. The number of rotatable bonds is 3. The van der Waals surface area contributed by atoms with Crippen LogP contribution in [0.5, 0.6) is 0 Å². The fraction of sp³-hybridized carbons (Fsp3) is 0.0185. The van der Waals surface area contributed by atoms with Crippen LogP contribution in [-0.2, 0) is 5.41 Å². The van der Waals surface area contributed by atoms with Gasteiger partial charge >= 0.3 is 0 Å². The highest BCUT2D eigenvalue weighted by molar-refractivity contribution is 6.13. The summed E-state index contributed by atoms with van der Waals surface area (Å²) in [5, 5.41) is 7.02. The van der Waals surface area contributed by atoms with E-state index in [1.807, 2.05) is 0 Å². The average Bonchev–Trinajstić information content (AvgIpc) is 3.79. The summed E-state index contributed by atoms with van der Waals surface area (Å²) < 4.78 is 2.49. The minimum Gasteiger partial charge on any atom is -0.309 e. The van der Waals surface area contributed by atoms with Crippen molar-refractivity contribution in [3.63, 3.8) is 0 Å². The summed E-state index contributed by atoms with van der Waals surface area (Å²) in [5.41, 5.74) is 13.6. The molecule has 4 nitrogen and oxygen atoms in total. The molecular formula is C54H32N4. The Morgan fingerprint density at radius 3 is 1.50 bits per heavy atom. The minimum absolute atomic E-state index is 0.577. The third-order valence-corrected chi connectivity index (χ3v) is 12.6. The van der Waals surface area contributed by atoms with Crippen molar-refractivity contribution >= 4 is 43.4 Å². The van der Waals surface area contributed by atoms with Crippen molar-refractivity contribution in [2.75, 3.05) is 0 Å². The lowest BCUT2D eigenvalue weighted by atomic mass is 9.65. The Bertz CT molecular complexity index is 3390. The van der Waals surface area contributed by atoms with Crippen LogP contribution in [0.1, 0.15) is 22.3 Å². The van der Waals surface area contributed by atoms with Gasteiger partial charge in [-0.2, -0.15) is 0 Å². The third kappa shape index (κ3) is 4.10. The number of hydrogen-bond acceptors (Lipinski definition) is 3. The smallest absolute Gasteiger partial charge is 0.164 e. The molecule has 9 aromatic carbocycles. The van der Waals surface area contributed by atoms with Gasteiger partial charge < -0.3 is 4.57 Å². The first-order valence-corrected chi connectivity index (χ1v) is 19.9. The molecule has 0 radical (unpaired) electrons. The first-order chi connectivity index (χ1) is 28.8. The SMILES string of the molecule is c1ccc2c(c1)-c1ccccc1C21c2cc(-c3nc(-c4cccc5ccccc45)nc(-c4cccc5ccccc45)n3)ccc2-n2c3ccccc3c3cccc1c32. The second-order valence-corrected chi connectivity index (χ2v) is 15.5. The van der Waals surface area contributed by atoms with Crippen molar-refractivity contribution in [3.05, 3.63) is 216 Å². The Kier molecular flexibility index (Phi) is 6.34. The van der Waals surface area contributed by atoms with E-state index in [9.17, 15) is 0 Å². The van der Waals surface area contributed by atoms with Gasteiger partial charge in [-0.25, -0.2) is 15.0 Å². The molecule has 3 heterocycles. The fourth-order valence-corrected chi connectivity index (χ4v) is 10.3. The van der Waals surface area contributed by atoms with Gasteiger partial charge in [-0.05, 0) is 79.2 Å². The summed E-state index contributed by atoms with van der Waals surface area (Å²) in [5.74, 6) is 1.94. The fourth-order valence-electron chi connectivity index (χ4n) is 10.3. The summed E-state index contributed by atoms with van der Waals surface area (Å²) in [4.78, 5) is 16.0. The summed E-state index contributed by atoms with van der Waals surface area (Å²) in [6.45, 7) is 0. The highest BCUT2D eigenvalue weighted by atomic mass is 15.0. The lowest BCUT2D eigenvalue weighted by Gasteiger charge is -2.39. The van der Waals surface area contributed by atoms with Crippen LogP contribution in [0.3, 0.4) is 0 Å². The van der Waals surface area contributed by atoms with Crippen molar-refractivity contribution in [1.29, 1.82) is 0 Å². The van der Waals surface area contributed by atoms with E-state index in [-0.39, 0.29) is 0 Å². The zero-order valence-electron chi connectivity index (χ0n) is 31.3. The first-order valence-electron chi connectivity index (χ1n) is 19.9. The van der Waals surface area contributed by atoms with Gasteiger partial charge in [-0.1, -0.05) is 170 Å². The third-order valence-electron chi connectivity index (χ3n) is 12.6. The van der Waals surface area contributed by atoms with E-state index < -0.39 is 5.41 Å². The monoisotopic (exact) mass is 736 g/mol. The molecule has 0 saturated carbocycles. The molecule has 0 unspecified atom stereocenters. The number of para-hydroxylation sites is 2. The molecule has 0 N–H and O–H groups in total. The predicted octanol–water partition coefficient (Wildman–Crippen LogP) is 13.0. The maximum atomic E-state index is 5.38. The van der Waals surface area contributed by atoms with Gasteiger partial charge in [-0.15, -0.1) is 0 Å².